The summed E-state index contributed by atoms with van der Waals surface area (Å²) >= 11 is 0. The standard InChI is InChI=1S/C15H23/c1-4-5-6-7-8-11-15-12-9-10-13(2)14(15)3/h9-12H,4-8H2,1-3H3. The summed E-state index contributed by atoms with van der Waals surface area (Å²) in [5.74, 6) is 0. The average molecular weight is 203 g/mol. The van der Waals surface area contributed by atoms with Crippen LogP contribution in [0, 0.1) is 20.3 Å². The van der Waals surface area contributed by atoms with Gasteiger partial charge >= 0.3 is 0 Å². The maximum atomic E-state index is 2.39. The minimum Gasteiger partial charge on any atom is -0.0654 e. The zero-order chi connectivity index (χ0) is 11.1. The molecule has 0 spiro atoms. The lowest BCUT2D eigenvalue weighted by atomic mass is 9.98. The fraction of sp³-hybridized carbons (Fsp3) is 0.533. The van der Waals surface area contributed by atoms with Gasteiger partial charge in [0.05, 0.1) is 0 Å². The van der Waals surface area contributed by atoms with Gasteiger partial charge in [0.1, 0.15) is 0 Å². The quantitative estimate of drug-likeness (QED) is 0.581. The highest BCUT2D eigenvalue weighted by Crippen LogP contribution is 2.17. The molecule has 0 heteroatoms. The molecule has 83 valence electrons. The molecule has 0 aliphatic heterocycles. The van der Waals surface area contributed by atoms with E-state index < -0.39 is 0 Å². The van der Waals surface area contributed by atoms with Gasteiger partial charge < -0.3 is 0 Å². The summed E-state index contributed by atoms with van der Waals surface area (Å²) in [7, 11) is 0. The summed E-state index contributed by atoms with van der Waals surface area (Å²) in [6.45, 7) is 6.66. The first-order valence-electron chi connectivity index (χ1n) is 6.15. The second-order valence-electron chi connectivity index (χ2n) is 4.34. The summed E-state index contributed by atoms with van der Waals surface area (Å²) in [6.07, 6.45) is 9.02. The second-order valence-corrected chi connectivity index (χ2v) is 4.34. The predicted octanol–water partition coefficient (Wildman–Crippen LogP) is 4.83. The topological polar surface area (TPSA) is 0 Å². The Labute approximate surface area is 94.7 Å². The van der Waals surface area contributed by atoms with E-state index in [1.165, 1.54) is 48.8 Å². The first kappa shape index (κ1) is 12.3. The molecule has 1 aromatic rings. The van der Waals surface area contributed by atoms with Crippen molar-refractivity contribution < 1.29 is 0 Å². The molecule has 0 aromatic heterocycles. The lowest BCUT2D eigenvalue weighted by molar-refractivity contribution is 0.665. The summed E-state index contributed by atoms with van der Waals surface area (Å²) in [6, 6.07) is 6.56. The fourth-order valence-electron chi connectivity index (χ4n) is 1.82. The summed E-state index contributed by atoms with van der Waals surface area (Å²) in [4.78, 5) is 0. The van der Waals surface area contributed by atoms with Crippen LogP contribution in [0.2, 0.25) is 0 Å². The number of hydrogen-bond donors (Lipinski definition) is 0. The molecule has 0 unspecified atom stereocenters. The van der Waals surface area contributed by atoms with Crippen molar-refractivity contribution in [3.8, 4) is 0 Å². The number of rotatable bonds is 6. The van der Waals surface area contributed by atoms with Crippen molar-refractivity contribution in [1.82, 2.24) is 0 Å². The van der Waals surface area contributed by atoms with Gasteiger partial charge in [-0.3, -0.25) is 0 Å². The third-order valence-electron chi connectivity index (χ3n) is 3.07. The smallest absolute Gasteiger partial charge is 0.00903 e. The molecule has 0 saturated carbocycles. The third-order valence-corrected chi connectivity index (χ3v) is 3.07. The molecule has 1 rings (SSSR count). The van der Waals surface area contributed by atoms with Gasteiger partial charge in [0.15, 0.2) is 0 Å². The van der Waals surface area contributed by atoms with Crippen LogP contribution in [0.25, 0.3) is 0 Å². The molecule has 0 saturated heterocycles. The van der Waals surface area contributed by atoms with E-state index in [0.29, 0.717) is 0 Å². The van der Waals surface area contributed by atoms with E-state index >= 15 is 0 Å². The van der Waals surface area contributed by atoms with Gasteiger partial charge in [-0.1, -0.05) is 50.8 Å². The van der Waals surface area contributed by atoms with Gasteiger partial charge in [-0.05, 0) is 43.4 Å². The van der Waals surface area contributed by atoms with Crippen LogP contribution in [-0.4, -0.2) is 0 Å². The van der Waals surface area contributed by atoms with Crippen molar-refractivity contribution in [3.05, 3.63) is 41.3 Å². The van der Waals surface area contributed by atoms with Crippen LogP contribution in [0.15, 0.2) is 18.2 Å². The molecular formula is C15H23. The van der Waals surface area contributed by atoms with E-state index in [0.717, 1.165) is 0 Å². The largest absolute Gasteiger partial charge is 0.0654 e. The Balaban J connectivity index is 2.34. The Kier molecular flexibility index (Phi) is 5.45. The van der Waals surface area contributed by atoms with Crippen molar-refractivity contribution in [1.29, 1.82) is 0 Å². The first-order valence-corrected chi connectivity index (χ1v) is 6.15. The Morgan fingerprint density at radius 2 is 1.87 bits per heavy atom. The van der Waals surface area contributed by atoms with E-state index in [4.69, 9.17) is 0 Å². The van der Waals surface area contributed by atoms with Gasteiger partial charge in [0.25, 0.3) is 0 Å². The number of unbranched alkanes of at least 4 members (excludes halogenated alkanes) is 4. The number of benzene rings is 1. The van der Waals surface area contributed by atoms with Crippen molar-refractivity contribution in [2.75, 3.05) is 0 Å². The molecule has 0 atom stereocenters. The Bertz CT molecular complexity index is 286. The molecule has 0 nitrogen and oxygen atoms in total. The van der Waals surface area contributed by atoms with Crippen LogP contribution >= 0.6 is 0 Å². The van der Waals surface area contributed by atoms with Crippen LogP contribution in [0.4, 0.5) is 0 Å². The highest BCUT2D eigenvalue weighted by molar-refractivity contribution is 5.37. The van der Waals surface area contributed by atoms with Gasteiger partial charge in [0, 0.05) is 0 Å². The van der Waals surface area contributed by atoms with E-state index in [-0.39, 0.29) is 0 Å². The van der Waals surface area contributed by atoms with Crippen LogP contribution in [0.5, 0.6) is 0 Å². The van der Waals surface area contributed by atoms with Crippen molar-refractivity contribution in [2.24, 2.45) is 0 Å². The highest BCUT2D eigenvalue weighted by atomic mass is 14.1. The zero-order valence-electron chi connectivity index (χ0n) is 10.3. The lowest BCUT2D eigenvalue weighted by Crippen LogP contribution is -1.90. The minimum absolute atomic E-state index is 1.23. The maximum absolute atomic E-state index is 2.39. The van der Waals surface area contributed by atoms with Gasteiger partial charge in [-0.15, -0.1) is 0 Å². The number of aryl methyl sites for hydroxylation is 1. The Hall–Kier alpha value is -0.780. The first-order chi connectivity index (χ1) is 7.25. The van der Waals surface area contributed by atoms with Gasteiger partial charge in [-0.25, -0.2) is 0 Å². The Morgan fingerprint density at radius 1 is 1.07 bits per heavy atom. The Morgan fingerprint density at radius 3 is 2.60 bits per heavy atom. The highest BCUT2D eigenvalue weighted by Gasteiger charge is 2.00. The minimum atomic E-state index is 1.23. The van der Waals surface area contributed by atoms with E-state index in [2.05, 4.69) is 45.4 Å². The van der Waals surface area contributed by atoms with Crippen molar-refractivity contribution in [2.45, 2.75) is 52.9 Å². The molecule has 0 amide bonds. The van der Waals surface area contributed by atoms with Gasteiger partial charge in [0.2, 0.25) is 0 Å². The predicted molar refractivity (Wildman–Crippen MR) is 68.1 cm³/mol. The summed E-state index contributed by atoms with van der Waals surface area (Å²) in [5, 5.41) is 0. The lowest BCUT2D eigenvalue weighted by Gasteiger charge is -2.07. The normalized spacial score (nSPS) is 10.6. The average Bonchev–Trinajstić information content (AvgIpc) is 2.24. The van der Waals surface area contributed by atoms with Crippen LogP contribution in [-0.2, 0) is 0 Å². The molecule has 0 heterocycles. The molecule has 0 aliphatic rings. The molecule has 0 aliphatic carbocycles. The van der Waals surface area contributed by atoms with Crippen LogP contribution < -0.4 is 0 Å². The number of hydrogen-bond acceptors (Lipinski definition) is 0. The molecule has 0 bridgehead atoms. The third kappa shape index (κ3) is 4.07. The van der Waals surface area contributed by atoms with E-state index in [9.17, 15) is 0 Å². The molecule has 1 aromatic carbocycles. The van der Waals surface area contributed by atoms with Gasteiger partial charge in [-0.2, -0.15) is 0 Å². The zero-order valence-corrected chi connectivity index (χ0v) is 10.3. The molecule has 1 radical (unpaired) electrons. The second kappa shape index (κ2) is 6.66. The van der Waals surface area contributed by atoms with Crippen molar-refractivity contribution >= 4 is 0 Å². The fourth-order valence-corrected chi connectivity index (χ4v) is 1.82. The maximum Gasteiger partial charge on any atom is -0.00903 e. The van der Waals surface area contributed by atoms with Crippen LogP contribution in [0.3, 0.4) is 0 Å². The van der Waals surface area contributed by atoms with Crippen molar-refractivity contribution in [3.63, 3.8) is 0 Å². The molecular weight excluding hydrogens is 180 g/mol. The molecule has 15 heavy (non-hydrogen) atoms. The monoisotopic (exact) mass is 203 g/mol. The molecule has 0 N–H and O–H groups in total. The van der Waals surface area contributed by atoms with Crippen LogP contribution in [0.1, 0.15) is 55.7 Å². The summed E-state index contributed by atoms with van der Waals surface area (Å²) < 4.78 is 0. The summed E-state index contributed by atoms with van der Waals surface area (Å²) in [5.41, 5.74) is 4.26. The van der Waals surface area contributed by atoms with E-state index in [1.807, 2.05) is 0 Å². The SMILES string of the molecule is CCCCCC[CH]c1cccc(C)c1C. The van der Waals surface area contributed by atoms with E-state index in [1.54, 1.807) is 0 Å². The molecule has 0 fully saturated rings.